The van der Waals surface area contributed by atoms with Gasteiger partial charge in [-0.25, -0.2) is 0 Å². The van der Waals surface area contributed by atoms with Gasteiger partial charge in [0.2, 0.25) is 5.91 Å². The molecule has 0 spiro atoms. The van der Waals surface area contributed by atoms with Gasteiger partial charge in [0.15, 0.2) is 5.96 Å². The van der Waals surface area contributed by atoms with Crippen molar-refractivity contribution < 1.29 is 9.53 Å². The number of hydrogen-bond acceptors (Lipinski definition) is 3. The highest BCUT2D eigenvalue weighted by atomic mass is 127. The monoisotopic (exact) mass is 502 g/mol. The first kappa shape index (κ1) is 24.5. The van der Waals surface area contributed by atoms with Crippen molar-refractivity contribution in [2.24, 2.45) is 16.8 Å². The lowest BCUT2D eigenvalue weighted by Gasteiger charge is -2.24. The molecule has 1 atom stereocenters. The van der Waals surface area contributed by atoms with Gasteiger partial charge in [-0.05, 0) is 36.0 Å². The highest BCUT2D eigenvalue weighted by Gasteiger charge is 2.29. The molecule has 1 amide bonds. The summed E-state index contributed by atoms with van der Waals surface area (Å²) in [6.45, 7) is 8.86. The van der Waals surface area contributed by atoms with Crippen LogP contribution in [0.3, 0.4) is 0 Å². The van der Waals surface area contributed by atoms with Gasteiger partial charge in [0, 0.05) is 33.6 Å². The summed E-state index contributed by atoms with van der Waals surface area (Å²) in [7, 11) is 3.44. The maximum atomic E-state index is 11.4. The Balaban J connectivity index is 0.00000392. The third-order valence-corrected chi connectivity index (χ3v) is 5.48. The Labute approximate surface area is 186 Å². The topological polar surface area (TPSA) is 66.0 Å². The van der Waals surface area contributed by atoms with Crippen LogP contribution in [0.5, 0.6) is 5.75 Å². The van der Waals surface area contributed by atoms with E-state index in [1.807, 2.05) is 25.2 Å². The number of guanidine groups is 1. The number of rotatable bonds is 7. The second-order valence-electron chi connectivity index (χ2n) is 7.19. The minimum atomic E-state index is -0.112. The summed E-state index contributed by atoms with van der Waals surface area (Å²) >= 11 is 0. The fourth-order valence-electron chi connectivity index (χ4n) is 3.99. The van der Waals surface area contributed by atoms with Crippen molar-refractivity contribution in [2.45, 2.75) is 46.6 Å². The minimum absolute atomic E-state index is 0. The van der Waals surface area contributed by atoms with Crippen molar-refractivity contribution >= 4 is 41.5 Å². The molecule has 0 bridgehead atoms. The van der Waals surface area contributed by atoms with Crippen molar-refractivity contribution in [2.75, 3.05) is 32.6 Å². The fraction of sp³-hybridized carbons (Fsp3) is 0.619. The Kier molecular flexibility index (Phi) is 10.6. The number of hydrogen-bond donors (Lipinski definition) is 2. The molecule has 1 fully saturated rings. The second-order valence-corrected chi connectivity index (χ2v) is 7.19. The van der Waals surface area contributed by atoms with Gasteiger partial charge >= 0.3 is 0 Å². The summed E-state index contributed by atoms with van der Waals surface area (Å²) < 4.78 is 5.32. The van der Waals surface area contributed by atoms with Gasteiger partial charge in [-0.15, -0.1) is 24.0 Å². The number of carbonyl (C=O) groups excluding carboxylic acids is 1. The van der Waals surface area contributed by atoms with Crippen molar-refractivity contribution in [3.8, 4) is 5.75 Å². The van der Waals surface area contributed by atoms with Gasteiger partial charge < -0.3 is 20.3 Å². The largest absolute Gasteiger partial charge is 0.495 e. The summed E-state index contributed by atoms with van der Waals surface area (Å²) in [6.07, 6.45) is 3.74. The maximum absolute atomic E-state index is 11.4. The van der Waals surface area contributed by atoms with Gasteiger partial charge in [0.25, 0.3) is 0 Å². The molecule has 1 aromatic carbocycles. The molecule has 0 aliphatic carbocycles. The lowest BCUT2D eigenvalue weighted by atomic mass is 9.87. The first-order valence-corrected chi connectivity index (χ1v) is 9.92. The number of halogens is 1. The van der Waals surface area contributed by atoms with Crippen LogP contribution in [0.1, 0.15) is 45.6 Å². The van der Waals surface area contributed by atoms with Crippen LogP contribution < -0.4 is 15.4 Å². The van der Waals surface area contributed by atoms with Gasteiger partial charge in [-0.1, -0.05) is 32.8 Å². The maximum Gasteiger partial charge on any atom is 0.221 e. The summed E-state index contributed by atoms with van der Waals surface area (Å²) in [5.41, 5.74) is 1.76. The average molecular weight is 502 g/mol. The van der Waals surface area contributed by atoms with Crippen molar-refractivity contribution in [1.82, 2.24) is 10.2 Å². The van der Waals surface area contributed by atoms with Crippen LogP contribution >= 0.6 is 24.0 Å². The zero-order chi connectivity index (χ0) is 19.8. The molecule has 1 saturated heterocycles. The molecule has 158 valence electrons. The van der Waals surface area contributed by atoms with E-state index in [0.29, 0.717) is 18.0 Å². The molecular formula is C21H35IN4O2. The van der Waals surface area contributed by atoms with E-state index in [0.717, 1.165) is 36.4 Å². The van der Waals surface area contributed by atoms with Crippen molar-refractivity contribution in [3.05, 3.63) is 23.8 Å². The predicted molar refractivity (Wildman–Crippen MR) is 127 cm³/mol. The highest BCUT2D eigenvalue weighted by Crippen LogP contribution is 2.29. The van der Waals surface area contributed by atoms with E-state index in [1.54, 1.807) is 7.11 Å². The summed E-state index contributed by atoms with van der Waals surface area (Å²) in [5.74, 6) is 3.05. The number of anilines is 1. The zero-order valence-electron chi connectivity index (χ0n) is 17.7. The number of nitrogens with one attached hydrogen (secondary N) is 2. The van der Waals surface area contributed by atoms with Crippen LogP contribution in [0, 0.1) is 11.8 Å². The van der Waals surface area contributed by atoms with Gasteiger partial charge in [0.1, 0.15) is 5.75 Å². The molecule has 0 radical (unpaired) electrons. The van der Waals surface area contributed by atoms with Crippen molar-refractivity contribution in [3.63, 3.8) is 0 Å². The normalized spacial score (nSPS) is 16.7. The Hall–Kier alpha value is -1.51. The molecule has 7 heteroatoms. The van der Waals surface area contributed by atoms with E-state index in [1.165, 1.54) is 26.2 Å². The fourth-order valence-corrected chi connectivity index (χ4v) is 3.99. The number of benzene rings is 1. The summed E-state index contributed by atoms with van der Waals surface area (Å²) in [5, 5.41) is 6.28. The van der Waals surface area contributed by atoms with Gasteiger partial charge in [-0.3, -0.25) is 9.79 Å². The highest BCUT2D eigenvalue weighted by molar-refractivity contribution is 14.0. The molecule has 28 heavy (non-hydrogen) atoms. The number of amides is 1. The first-order valence-electron chi connectivity index (χ1n) is 9.92. The molecule has 1 aromatic rings. The van der Waals surface area contributed by atoms with E-state index in [2.05, 4.69) is 34.4 Å². The van der Waals surface area contributed by atoms with E-state index < -0.39 is 0 Å². The lowest BCUT2D eigenvalue weighted by Crippen LogP contribution is -2.40. The molecule has 0 saturated carbocycles. The Bertz CT molecular complexity index is 662. The van der Waals surface area contributed by atoms with E-state index in [4.69, 9.17) is 4.74 Å². The Morgan fingerprint density at radius 2 is 2.07 bits per heavy atom. The molecule has 1 aliphatic heterocycles. The number of carbonyl (C=O) groups is 1. The number of aliphatic imine (C=N–C) groups is 1. The van der Waals surface area contributed by atoms with Gasteiger partial charge in [0.05, 0.1) is 12.8 Å². The quantitative estimate of drug-likeness (QED) is 0.335. The minimum Gasteiger partial charge on any atom is -0.495 e. The van der Waals surface area contributed by atoms with Crippen LogP contribution in [0.2, 0.25) is 0 Å². The number of ether oxygens (including phenoxy) is 1. The molecule has 1 aliphatic rings. The third kappa shape index (κ3) is 6.53. The van der Waals surface area contributed by atoms with Crippen LogP contribution in [-0.4, -0.2) is 44.0 Å². The summed E-state index contributed by atoms with van der Waals surface area (Å²) in [4.78, 5) is 18.2. The van der Waals surface area contributed by atoms with Crippen molar-refractivity contribution in [1.29, 1.82) is 0 Å². The standard InChI is InChI=1S/C21H34N4O2.HI/c1-6-17(7-2)18-10-11-25(14-18)21(22-4)23-13-16-8-9-20(27-5)19(12-16)24-15(3)26;/h8-9,12,17-18H,6-7,10-11,13-14H2,1-5H3,(H,22,23)(H,24,26);1H. The zero-order valence-corrected chi connectivity index (χ0v) is 20.1. The molecular weight excluding hydrogens is 467 g/mol. The van der Waals surface area contributed by atoms with E-state index >= 15 is 0 Å². The van der Waals surface area contributed by atoms with E-state index in [9.17, 15) is 4.79 Å². The molecule has 1 unspecified atom stereocenters. The summed E-state index contributed by atoms with van der Waals surface area (Å²) in [6, 6.07) is 5.82. The first-order chi connectivity index (χ1) is 13.0. The molecule has 2 N–H and O–H groups in total. The van der Waals surface area contributed by atoms with Gasteiger partial charge in [-0.2, -0.15) is 0 Å². The van der Waals surface area contributed by atoms with Crippen LogP contribution in [-0.2, 0) is 11.3 Å². The number of nitrogens with zero attached hydrogens (tertiary/aromatic N) is 2. The number of methoxy groups -OCH3 is 1. The van der Waals surface area contributed by atoms with E-state index in [-0.39, 0.29) is 29.9 Å². The Morgan fingerprint density at radius 3 is 2.64 bits per heavy atom. The second kappa shape index (κ2) is 12.1. The predicted octanol–water partition coefficient (Wildman–Crippen LogP) is 4.11. The van der Waals surface area contributed by atoms with Crippen LogP contribution in [0.15, 0.2) is 23.2 Å². The molecule has 1 heterocycles. The molecule has 6 nitrogen and oxygen atoms in total. The van der Waals surface area contributed by atoms with Crippen LogP contribution in [0.4, 0.5) is 5.69 Å². The smallest absolute Gasteiger partial charge is 0.221 e. The Morgan fingerprint density at radius 1 is 1.36 bits per heavy atom. The number of likely N-dealkylation sites (tertiary alicyclic amines) is 1. The lowest BCUT2D eigenvalue weighted by molar-refractivity contribution is -0.114. The third-order valence-electron chi connectivity index (χ3n) is 5.48. The average Bonchev–Trinajstić information content (AvgIpc) is 3.13. The van der Waals surface area contributed by atoms with Crippen LogP contribution in [0.25, 0.3) is 0 Å². The SMILES string of the molecule is CCC(CC)C1CCN(C(=NC)NCc2ccc(OC)c(NC(C)=O)c2)C1.I. The molecule has 0 aromatic heterocycles. The molecule has 2 rings (SSSR count).